The molecule has 0 aliphatic carbocycles. The Balaban J connectivity index is 4.42. The number of hydrogen-bond acceptors (Lipinski definition) is 5. The molecule has 52 heavy (non-hydrogen) atoms. The van der Waals surface area contributed by atoms with Gasteiger partial charge in [0, 0.05) is 6.42 Å². The lowest BCUT2D eigenvalue weighted by atomic mass is 10.0. The number of phosphoric acid groups is 1. The van der Waals surface area contributed by atoms with Crippen molar-refractivity contribution in [1.29, 1.82) is 0 Å². The molecule has 0 aliphatic heterocycles. The zero-order valence-electron chi connectivity index (χ0n) is 35.1. The molecule has 0 rings (SSSR count). The summed E-state index contributed by atoms with van der Waals surface area (Å²) in [5.41, 5.74) is 0. The van der Waals surface area contributed by atoms with Gasteiger partial charge in [-0.2, -0.15) is 0 Å². The van der Waals surface area contributed by atoms with Crippen molar-refractivity contribution in [3.05, 3.63) is 12.2 Å². The van der Waals surface area contributed by atoms with Crippen LogP contribution in [0.1, 0.15) is 206 Å². The molecule has 0 radical (unpaired) electrons. The molecule has 3 N–H and O–H groups in total. The molecule has 0 spiro atoms. The molecule has 0 saturated heterocycles. The van der Waals surface area contributed by atoms with Crippen molar-refractivity contribution in [1.82, 2.24) is 5.32 Å². The first-order chi connectivity index (χ1) is 25.0. The predicted octanol–water partition coefficient (Wildman–Crippen LogP) is 12.0. The van der Waals surface area contributed by atoms with Crippen molar-refractivity contribution in [2.75, 3.05) is 40.9 Å². The Morgan fingerprint density at radius 2 is 1.02 bits per heavy atom. The topological polar surface area (TPSA) is 105 Å². The normalized spacial score (nSPS) is 14.5. The number of unbranched alkanes of at least 4 members (excludes halogenated alkanes) is 27. The lowest BCUT2D eigenvalue weighted by Gasteiger charge is -2.25. The second-order valence-electron chi connectivity index (χ2n) is 16.4. The second kappa shape index (κ2) is 35.9. The smallest absolute Gasteiger partial charge is 0.387 e. The Kier molecular flexibility index (Phi) is 35.4. The summed E-state index contributed by atoms with van der Waals surface area (Å²) in [7, 11) is 1.58. The summed E-state index contributed by atoms with van der Waals surface area (Å²) in [6.45, 7) is 4.82. The number of nitrogens with one attached hydrogen (secondary N) is 1. The average Bonchev–Trinajstić information content (AvgIpc) is 3.09. The van der Waals surface area contributed by atoms with Gasteiger partial charge in [-0.15, -0.1) is 0 Å². The van der Waals surface area contributed by atoms with Gasteiger partial charge in [-0.3, -0.25) is 13.8 Å². The minimum atomic E-state index is -4.33. The Labute approximate surface area is 322 Å². The maximum absolute atomic E-state index is 12.8. The van der Waals surface area contributed by atoms with Crippen LogP contribution in [0, 0.1) is 0 Å². The molecule has 0 aromatic carbocycles. The summed E-state index contributed by atoms with van der Waals surface area (Å²) in [5, 5.41) is 13.8. The largest absolute Gasteiger partial charge is 0.472 e. The van der Waals surface area contributed by atoms with Gasteiger partial charge >= 0.3 is 7.82 Å². The molecule has 8 nitrogen and oxygen atoms in total. The highest BCUT2D eigenvalue weighted by atomic mass is 31.2. The number of aliphatic hydroxyl groups excluding tert-OH is 1. The molecule has 0 aromatic heterocycles. The van der Waals surface area contributed by atoms with Crippen LogP contribution in [0.25, 0.3) is 0 Å². The maximum Gasteiger partial charge on any atom is 0.472 e. The van der Waals surface area contributed by atoms with Crippen LogP contribution >= 0.6 is 7.82 Å². The molecule has 0 fully saturated rings. The van der Waals surface area contributed by atoms with E-state index in [-0.39, 0.29) is 19.1 Å². The van der Waals surface area contributed by atoms with E-state index in [1.165, 1.54) is 154 Å². The molecule has 0 aliphatic rings. The highest BCUT2D eigenvalue weighted by molar-refractivity contribution is 7.47. The highest BCUT2D eigenvalue weighted by Crippen LogP contribution is 2.43. The molecule has 0 heterocycles. The van der Waals surface area contributed by atoms with E-state index in [4.69, 9.17) is 9.05 Å². The monoisotopic (exact) mass is 760 g/mol. The van der Waals surface area contributed by atoms with Crippen LogP contribution < -0.4 is 5.32 Å². The number of phosphoric ester groups is 1. The molecule has 3 unspecified atom stereocenters. The number of quaternary nitrogens is 1. The number of rotatable bonds is 40. The Bertz CT molecular complexity index is 865. The van der Waals surface area contributed by atoms with Gasteiger partial charge in [0.1, 0.15) is 13.2 Å². The van der Waals surface area contributed by atoms with Crippen molar-refractivity contribution >= 4 is 13.7 Å². The van der Waals surface area contributed by atoms with Gasteiger partial charge in [-0.25, -0.2) is 4.57 Å². The molecule has 3 atom stereocenters. The summed E-state index contributed by atoms with van der Waals surface area (Å²) in [5.74, 6) is -0.175. The van der Waals surface area contributed by atoms with Crippen LogP contribution in [0.15, 0.2) is 12.2 Å². The quantitative estimate of drug-likeness (QED) is 0.0249. The van der Waals surface area contributed by atoms with E-state index in [0.717, 1.165) is 32.1 Å². The van der Waals surface area contributed by atoms with E-state index in [0.29, 0.717) is 17.4 Å². The predicted molar refractivity (Wildman–Crippen MR) is 222 cm³/mol. The molecule has 9 heteroatoms. The standard InChI is InChI=1S/C43H87N2O6P/c1-6-8-10-12-14-16-18-20-22-23-24-26-28-30-32-34-36-42(46)41(40-51-52(48,49)50-39-38-45(3,4)5)44-43(47)37-35-33-31-29-27-25-21-19-17-15-13-11-9-7-2/h34,36,41-42,46H,6-33,35,37-40H2,1-5H3,(H-,44,47,48,49)/p+1/b36-34+. The van der Waals surface area contributed by atoms with E-state index in [1.807, 2.05) is 27.2 Å². The average molecular weight is 760 g/mol. The van der Waals surface area contributed by atoms with Gasteiger partial charge in [0.25, 0.3) is 0 Å². The van der Waals surface area contributed by atoms with Crippen LogP contribution in [0.5, 0.6) is 0 Å². The van der Waals surface area contributed by atoms with E-state index >= 15 is 0 Å². The number of carbonyl (C=O) groups excluding carboxylic acids is 1. The van der Waals surface area contributed by atoms with Crippen LogP contribution in [0.4, 0.5) is 0 Å². The van der Waals surface area contributed by atoms with Crippen molar-refractivity contribution < 1.29 is 32.9 Å². The summed E-state index contributed by atoms with van der Waals surface area (Å²) in [4.78, 5) is 23.1. The lowest BCUT2D eigenvalue weighted by molar-refractivity contribution is -0.870. The van der Waals surface area contributed by atoms with Crippen LogP contribution in [0.3, 0.4) is 0 Å². The molecule has 0 aromatic rings. The van der Waals surface area contributed by atoms with Crippen LogP contribution in [-0.4, -0.2) is 73.4 Å². The number of likely N-dealkylation sites (N-methyl/N-ethyl adjacent to an activating group) is 1. The fourth-order valence-corrected chi connectivity index (χ4v) is 7.19. The first kappa shape index (κ1) is 51.2. The minimum Gasteiger partial charge on any atom is -0.387 e. The molecule has 0 saturated carbocycles. The number of nitrogens with zero attached hydrogens (tertiary/aromatic N) is 1. The third-order valence-electron chi connectivity index (χ3n) is 10.0. The summed E-state index contributed by atoms with van der Waals surface area (Å²) in [6.07, 6.45) is 39.8. The first-order valence-electron chi connectivity index (χ1n) is 22.1. The van der Waals surface area contributed by atoms with Gasteiger partial charge in [0.05, 0.1) is 39.9 Å². The van der Waals surface area contributed by atoms with Crippen molar-refractivity contribution in [3.63, 3.8) is 0 Å². The molecular weight excluding hydrogens is 671 g/mol. The van der Waals surface area contributed by atoms with Gasteiger partial charge in [-0.05, 0) is 19.3 Å². The number of allylic oxidation sites excluding steroid dienone is 1. The van der Waals surface area contributed by atoms with Gasteiger partial charge in [0.2, 0.25) is 5.91 Å². The van der Waals surface area contributed by atoms with Crippen molar-refractivity contribution in [2.45, 2.75) is 219 Å². The third kappa shape index (κ3) is 37.6. The van der Waals surface area contributed by atoms with Gasteiger partial charge in [0.15, 0.2) is 0 Å². The van der Waals surface area contributed by atoms with E-state index in [2.05, 4.69) is 19.2 Å². The Hall–Kier alpha value is -0.760. The summed E-state index contributed by atoms with van der Waals surface area (Å²) < 4.78 is 23.5. The first-order valence-corrected chi connectivity index (χ1v) is 23.6. The molecule has 310 valence electrons. The van der Waals surface area contributed by atoms with Crippen LogP contribution in [0.2, 0.25) is 0 Å². The highest BCUT2D eigenvalue weighted by Gasteiger charge is 2.27. The fraction of sp³-hybridized carbons (Fsp3) is 0.930. The Morgan fingerprint density at radius 3 is 1.42 bits per heavy atom. The number of aliphatic hydroxyl groups is 1. The number of amides is 1. The third-order valence-corrected chi connectivity index (χ3v) is 11.0. The minimum absolute atomic E-state index is 0.0646. The van der Waals surface area contributed by atoms with E-state index in [9.17, 15) is 19.4 Å². The lowest BCUT2D eigenvalue weighted by Crippen LogP contribution is -2.45. The molecular formula is C43H88N2O6P+. The zero-order valence-corrected chi connectivity index (χ0v) is 36.0. The van der Waals surface area contributed by atoms with Gasteiger partial charge in [-0.1, -0.05) is 193 Å². The van der Waals surface area contributed by atoms with Crippen molar-refractivity contribution in [3.8, 4) is 0 Å². The molecule has 1 amide bonds. The SMILES string of the molecule is CCCCCCCCCCCCCCCC/C=C/C(O)C(COP(=O)(O)OCC[N+](C)(C)C)NC(=O)CCCCCCCCCCCCCCCC. The maximum atomic E-state index is 12.8. The number of carbonyl (C=O) groups is 1. The fourth-order valence-electron chi connectivity index (χ4n) is 6.45. The van der Waals surface area contributed by atoms with E-state index in [1.54, 1.807) is 6.08 Å². The van der Waals surface area contributed by atoms with E-state index < -0.39 is 20.0 Å². The van der Waals surface area contributed by atoms with Crippen molar-refractivity contribution in [2.24, 2.45) is 0 Å². The van der Waals surface area contributed by atoms with Gasteiger partial charge < -0.3 is 19.8 Å². The second-order valence-corrected chi connectivity index (χ2v) is 17.9. The summed E-state index contributed by atoms with van der Waals surface area (Å²) >= 11 is 0. The molecule has 0 bridgehead atoms. The zero-order chi connectivity index (χ0) is 38.6. The van der Waals surface area contributed by atoms with Crippen LogP contribution in [-0.2, 0) is 18.4 Å². The number of hydrogen-bond donors (Lipinski definition) is 3. The summed E-state index contributed by atoms with van der Waals surface area (Å²) in [6, 6.07) is -0.839. The Morgan fingerprint density at radius 1 is 0.635 bits per heavy atom.